The average Bonchev–Trinajstić information content (AvgIpc) is 3.23. The number of nitrogens with zero attached hydrogens (tertiary/aromatic N) is 3. The topological polar surface area (TPSA) is 84.7 Å². The minimum atomic E-state index is -0.111. The van der Waals surface area contributed by atoms with Crippen molar-refractivity contribution in [3.05, 3.63) is 34.6 Å². The van der Waals surface area contributed by atoms with Crippen LogP contribution in [0.25, 0.3) is 32.7 Å². The fraction of sp³-hybridized carbons (Fsp3) is 0.318. The summed E-state index contributed by atoms with van der Waals surface area (Å²) in [6.45, 7) is 4.23. The Morgan fingerprint density at radius 1 is 1.00 bits per heavy atom. The largest absolute Gasteiger partial charge is 0.493 e. The molecule has 5 rings (SSSR count). The zero-order chi connectivity index (χ0) is 21.0. The van der Waals surface area contributed by atoms with Gasteiger partial charge in [0.05, 0.1) is 30.6 Å². The molecule has 2 aromatic heterocycles. The molecule has 1 atom stereocenters. The summed E-state index contributed by atoms with van der Waals surface area (Å²) in [5.74, 6) is 2.28. The summed E-state index contributed by atoms with van der Waals surface area (Å²) in [5, 5.41) is 10.9. The molecule has 3 heterocycles. The number of hydrogen-bond acceptors (Lipinski definition) is 7. The van der Waals surface area contributed by atoms with Crippen molar-refractivity contribution in [2.75, 3.05) is 21.0 Å². The molecule has 0 bridgehead atoms. The molecule has 0 saturated heterocycles. The summed E-state index contributed by atoms with van der Waals surface area (Å²) in [4.78, 5) is 13.7. The lowest BCUT2D eigenvalue weighted by Gasteiger charge is -2.20. The first kappa shape index (κ1) is 18.5. The normalized spacial score (nSPS) is 13.9. The lowest BCUT2D eigenvalue weighted by Crippen LogP contribution is -2.24. The number of ether oxygens (including phenoxy) is 4. The highest BCUT2D eigenvalue weighted by Crippen LogP contribution is 2.40. The molecular formula is C22H21N3O5. The highest BCUT2D eigenvalue weighted by molar-refractivity contribution is 6.13. The van der Waals surface area contributed by atoms with Crippen LogP contribution in [-0.4, -0.2) is 35.8 Å². The molecule has 1 aliphatic heterocycles. The van der Waals surface area contributed by atoms with Crippen molar-refractivity contribution in [2.45, 2.75) is 26.3 Å². The molecule has 1 aliphatic rings. The maximum absolute atomic E-state index is 13.7. The third-order valence-electron chi connectivity index (χ3n) is 5.73. The molecule has 0 aliphatic carbocycles. The first-order chi connectivity index (χ1) is 14.6. The van der Waals surface area contributed by atoms with Crippen LogP contribution in [0, 0.1) is 0 Å². The summed E-state index contributed by atoms with van der Waals surface area (Å²) in [6, 6.07) is 7.12. The smallest absolute Gasteiger partial charge is 0.259 e. The van der Waals surface area contributed by atoms with Crippen molar-refractivity contribution < 1.29 is 18.9 Å². The average molecular weight is 407 g/mol. The van der Waals surface area contributed by atoms with Gasteiger partial charge in [0.25, 0.3) is 5.56 Å². The predicted octanol–water partition coefficient (Wildman–Crippen LogP) is 3.81. The number of aromatic nitrogens is 3. The van der Waals surface area contributed by atoms with E-state index in [9.17, 15) is 4.79 Å². The molecule has 2 aromatic carbocycles. The quantitative estimate of drug-likeness (QED) is 0.476. The summed E-state index contributed by atoms with van der Waals surface area (Å²) < 4.78 is 23.7. The molecular weight excluding hydrogens is 386 g/mol. The van der Waals surface area contributed by atoms with Gasteiger partial charge in [0.2, 0.25) is 6.79 Å². The van der Waals surface area contributed by atoms with Crippen molar-refractivity contribution in [1.29, 1.82) is 0 Å². The minimum absolute atomic E-state index is 0.0460. The fourth-order valence-corrected chi connectivity index (χ4v) is 3.99. The summed E-state index contributed by atoms with van der Waals surface area (Å²) in [6.07, 6.45) is 0.780. The van der Waals surface area contributed by atoms with E-state index in [1.165, 1.54) is 0 Å². The lowest BCUT2D eigenvalue weighted by atomic mass is 10.0. The summed E-state index contributed by atoms with van der Waals surface area (Å²) in [7, 11) is 3.11. The van der Waals surface area contributed by atoms with E-state index < -0.39 is 0 Å². The van der Waals surface area contributed by atoms with Gasteiger partial charge in [-0.2, -0.15) is 0 Å². The monoisotopic (exact) mass is 407 g/mol. The Kier molecular flexibility index (Phi) is 4.16. The predicted molar refractivity (Wildman–Crippen MR) is 113 cm³/mol. The molecule has 0 fully saturated rings. The molecule has 8 nitrogen and oxygen atoms in total. The van der Waals surface area contributed by atoms with Crippen LogP contribution in [0.15, 0.2) is 29.1 Å². The van der Waals surface area contributed by atoms with E-state index in [0.717, 1.165) is 17.3 Å². The van der Waals surface area contributed by atoms with Crippen molar-refractivity contribution in [3.63, 3.8) is 0 Å². The highest BCUT2D eigenvalue weighted by atomic mass is 16.7. The van der Waals surface area contributed by atoms with Crippen LogP contribution in [-0.2, 0) is 0 Å². The molecule has 0 radical (unpaired) electrons. The van der Waals surface area contributed by atoms with Crippen LogP contribution in [0.5, 0.6) is 23.0 Å². The fourth-order valence-electron chi connectivity index (χ4n) is 3.99. The Morgan fingerprint density at radius 3 is 2.33 bits per heavy atom. The lowest BCUT2D eigenvalue weighted by molar-refractivity contribution is 0.174. The number of pyridine rings is 1. The van der Waals surface area contributed by atoms with Crippen LogP contribution in [0.3, 0.4) is 0 Å². The maximum atomic E-state index is 13.7. The van der Waals surface area contributed by atoms with E-state index in [1.807, 2.05) is 19.9 Å². The van der Waals surface area contributed by atoms with Crippen molar-refractivity contribution in [2.24, 2.45) is 0 Å². The first-order valence-electron chi connectivity index (χ1n) is 9.77. The van der Waals surface area contributed by atoms with Crippen LogP contribution in [0.1, 0.15) is 26.3 Å². The number of hydrogen-bond donors (Lipinski definition) is 0. The molecule has 0 saturated carbocycles. The van der Waals surface area contributed by atoms with Gasteiger partial charge < -0.3 is 23.5 Å². The SMILES string of the molecule is CCC(C)n1c(=O)c2cc(OC)c(OC)cc2c2nnc3cc4c(cc3c21)OCO4. The molecule has 0 amide bonds. The third kappa shape index (κ3) is 2.49. The van der Waals surface area contributed by atoms with Gasteiger partial charge in [-0.15, -0.1) is 10.2 Å². The molecule has 30 heavy (non-hydrogen) atoms. The van der Waals surface area contributed by atoms with Gasteiger partial charge in [0.1, 0.15) is 5.52 Å². The Balaban J connectivity index is 2.02. The van der Waals surface area contributed by atoms with Gasteiger partial charge in [0.15, 0.2) is 23.0 Å². The van der Waals surface area contributed by atoms with E-state index >= 15 is 0 Å². The number of fused-ring (bicyclic) bond motifs is 6. The van der Waals surface area contributed by atoms with E-state index in [4.69, 9.17) is 18.9 Å². The molecule has 154 valence electrons. The van der Waals surface area contributed by atoms with Crippen molar-refractivity contribution >= 4 is 32.7 Å². The van der Waals surface area contributed by atoms with Crippen molar-refractivity contribution in [3.8, 4) is 23.0 Å². The Hall–Kier alpha value is -3.55. The first-order valence-corrected chi connectivity index (χ1v) is 9.77. The van der Waals surface area contributed by atoms with Gasteiger partial charge in [0, 0.05) is 22.9 Å². The second kappa shape index (κ2) is 6.76. The van der Waals surface area contributed by atoms with Gasteiger partial charge in [-0.05, 0) is 31.5 Å². The Morgan fingerprint density at radius 2 is 1.67 bits per heavy atom. The third-order valence-corrected chi connectivity index (χ3v) is 5.73. The van der Waals surface area contributed by atoms with Gasteiger partial charge in [-0.3, -0.25) is 4.79 Å². The molecule has 8 heteroatoms. The van der Waals surface area contributed by atoms with Crippen LogP contribution >= 0.6 is 0 Å². The van der Waals surface area contributed by atoms with Crippen LogP contribution in [0.4, 0.5) is 0 Å². The van der Waals surface area contributed by atoms with E-state index in [0.29, 0.717) is 44.8 Å². The summed E-state index contributed by atoms with van der Waals surface area (Å²) in [5.41, 5.74) is 1.87. The molecule has 1 unspecified atom stereocenters. The highest BCUT2D eigenvalue weighted by Gasteiger charge is 2.23. The molecule has 0 spiro atoms. The zero-order valence-electron chi connectivity index (χ0n) is 17.2. The number of methoxy groups -OCH3 is 2. The second-order valence-corrected chi connectivity index (χ2v) is 7.31. The molecule has 0 N–H and O–H groups in total. The Bertz CT molecular complexity index is 1380. The molecule has 4 aromatic rings. The van der Waals surface area contributed by atoms with Gasteiger partial charge in [-0.25, -0.2) is 0 Å². The minimum Gasteiger partial charge on any atom is -0.493 e. The Labute approximate surface area is 171 Å². The van der Waals surface area contributed by atoms with Crippen molar-refractivity contribution in [1.82, 2.24) is 14.8 Å². The number of rotatable bonds is 4. The van der Waals surface area contributed by atoms with E-state index in [-0.39, 0.29) is 18.4 Å². The zero-order valence-corrected chi connectivity index (χ0v) is 17.2. The number of benzene rings is 2. The maximum Gasteiger partial charge on any atom is 0.259 e. The second-order valence-electron chi connectivity index (χ2n) is 7.31. The van der Waals surface area contributed by atoms with Crippen LogP contribution in [0.2, 0.25) is 0 Å². The summed E-state index contributed by atoms with van der Waals surface area (Å²) >= 11 is 0. The van der Waals surface area contributed by atoms with E-state index in [1.54, 1.807) is 37.0 Å². The van der Waals surface area contributed by atoms with Crippen LogP contribution < -0.4 is 24.5 Å². The van der Waals surface area contributed by atoms with Gasteiger partial charge in [-0.1, -0.05) is 6.92 Å². The van der Waals surface area contributed by atoms with Gasteiger partial charge >= 0.3 is 0 Å². The standard InChI is InChI=1S/C22H21N3O5/c1-5-11(2)25-21-14-8-18-19(30-10-29-18)9-15(14)23-24-20(21)12-6-16(27-3)17(28-4)7-13(12)22(25)26/h6-9,11H,5,10H2,1-4H3. The van der Waals surface area contributed by atoms with E-state index in [2.05, 4.69) is 10.2 Å².